The molecule has 0 amide bonds. The van der Waals surface area contributed by atoms with E-state index in [-0.39, 0.29) is 0 Å². The lowest BCUT2D eigenvalue weighted by molar-refractivity contribution is 0.271. The quantitative estimate of drug-likeness (QED) is 0.555. The van der Waals surface area contributed by atoms with Gasteiger partial charge in [-0.1, -0.05) is 0 Å². The summed E-state index contributed by atoms with van der Waals surface area (Å²) < 4.78 is 0. The van der Waals surface area contributed by atoms with E-state index >= 15 is 0 Å². The second-order valence-corrected chi connectivity index (χ2v) is 7.51. The van der Waals surface area contributed by atoms with Gasteiger partial charge in [-0.15, -0.1) is 0 Å². The highest BCUT2D eigenvalue weighted by molar-refractivity contribution is 8.00. The maximum absolute atomic E-state index is 4.80. The summed E-state index contributed by atoms with van der Waals surface area (Å²) in [5.41, 5.74) is 0. The van der Waals surface area contributed by atoms with Crippen molar-refractivity contribution in [3.8, 4) is 0 Å². The highest BCUT2D eigenvalue weighted by atomic mass is 32.2. The lowest BCUT2D eigenvalue weighted by Gasteiger charge is -2.23. The molecular weight excluding hydrogens is 268 g/mol. The van der Waals surface area contributed by atoms with E-state index in [1.54, 1.807) is 0 Å². The first kappa shape index (κ1) is 16.0. The molecule has 116 valence electrons. The number of hydrogen-bond donors (Lipinski definition) is 2. The van der Waals surface area contributed by atoms with Crippen molar-refractivity contribution >= 4 is 17.7 Å². The van der Waals surface area contributed by atoms with Crippen LogP contribution in [-0.4, -0.2) is 61.6 Å². The number of aliphatic imine (C=N–C) groups is 1. The van der Waals surface area contributed by atoms with Crippen LogP contribution in [0, 0.1) is 5.92 Å². The Bertz CT molecular complexity index is 307. The zero-order chi connectivity index (χ0) is 14.4. The van der Waals surface area contributed by atoms with Gasteiger partial charge in [0.25, 0.3) is 0 Å². The van der Waals surface area contributed by atoms with Crippen molar-refractivity contribution < 1.29 is 0 Å². The summed E-state index contributed by atoms with van der Waals surface area (Å²) in [7, 11) is 4.35. The Kier molecular flexibility index (Phi) is 6.49. The fraction of sp³-hybridized carbons (Fsp3) is 0.933. The Labute approximate surface area is 128 Å². The molecule has 0 aromatic heterocycles. The predicted molar refractivity (Wildman–Crippen MR) is 89.7 cm³/mol. The van der Waals surface area contributed by atoms with Gasteiger partial charge >= 0.3 is 0 Å². The third-order valence-corrected chi connectivity index (χ3v) is 5.53. The fourth-order valence-electron chi connectivity index (χ4n) is 2.76. The van der Waals surface area contributed by atoms with Gasteiger partial charge in [0.2, 0.25) is 0 Å². The summed E-state index contributed by atoms with van der Waals surface area (Å²) in [6.45, 7) is 5.02. The fourth-order valence-corrected chi connectivity index (χ4v) is 3.96. The number of nitrogens with one attached hydrogen (secondary N) is 2. The van der Waals surface area contributed by atoms with E-state index < -0.39 is 0 Å². The third kappa shape index (κ3) is 5.17. The highest BCUT2D eigenvalue weighted by Gasteiger charge is 2.32. The van der Waals surface area contributed by atoms with E-state index in [2.05, 4.69) is 48.3 Å². The van der Waals surface area contributed by atoms with Crippen molar-refractivity contribution in [1.29, 1.82) is 0 Å². The second kappa shape index (κ2) is 8.13. The number of nitrogens with zero attached hydrogens (tertiary/aromatic N) is 2. The normalized spacial score (nSPS) is 25.0. The van der Waals surface area contributed by atoms with Crippen LogP contribution in [0.25, 0.3) is 0 Å². The zero-order valence-corrected chi connectivity index (χ0v) is 14.0. The van der Waals surface area contributed by atoms with Gasteiger partial charge in [0, 0.05) is 24.4 Å². The van der Waals surface area contributed by atoms with E-state index in [9.17, 15) is 0 Å². The monoisotopic (exact) mass is 298 g/mol. The van der Waals surface area contributed by atoms with Crippen LogP contribution >= 0.6 is 11.8 Å². The van der Waals surface area contributed by atoms with Gasteiger partial charge in [0.1, 0.15) is 0 Å². The Morgan fingerprint density at radius 3 is 2.65 bits per heavy atom. The van der Waals surface area contributed by atoms with Crippen LogP contribution in [-0.2, 0) is 0 Å². The molecular formula is C15H30N4S. The Hall–Kier alpha value is -0.420. The molecule has 1 aliphatic carbocycles. The van der Waals surface area contributed by atoms with E-state index in [0.717, 1.165) is 36.8 Å². The Morgan fingerprint density at radius 1 is 1.30 bits per heavy atom. The summed E-state index contributed by atoms with van der Waals surface area (Å²) in [5, 5.41) is 7.66. The van der Waals surface area contributed by atoms with E-state index in [0.29, 0.717) is 6.04 Å². The average molecular weight is 298 g/mol. The summed E-state index contributed by atoms with van der Waals surface area (Å²) in [4.78, 5) is 7.13. The van der Waals surface area contributed by atoms with Crippen molar-refractivity contribution in [3.05, 3.63) is 0 Å². The number of hydrogen-bond acceptors (Lipinski definition) is 3. The third-order valence-electron chi connectivity index (χ3n) is 4.13. The molecule has 2 aliphatic rings. The van der Waals surface area contributed by atoms with E-state index in [4.69, 9.17) is 4.99 Å². The zero-order valence-electron chi connectivity index (χ0n) is 13.2. The molecule has 0 bridgehead atoms. The molecule has 0 radical (unpaired) electrons. The predicted octanol–water partition coefficient (Wildman–Crippen LogP) is 1.78. The van der Waals surface area contributed by atoms with Crippen LogP contribution in [0.5, 0.6) is 0 Å². The molecule has 1 saturated carbocycles. The van der Waals surface area contributed by atoms with Gasteiger partial charge in [-0.05, 0) is 58.4 Å². The van der Waals surface area contributed by atoms with Crippen LogP contribution in [0.3, 0.4) is 0 Å². The molecule has 1 saturated heterocycles. The molecule has 1 heterocycles. The average Bonchev–Trinajstić information content (AvgIpc) is 3.11. The minimum atomic E-state index is 0.603. The number of thioether (sulfide) groups is 1. The number of guanidine groups is 1. The molecule has 0 aromatic rings. The summed E-state index contributed by atoms with van der Waals surface area (Å²) in [5.74, 6) is 3.18. The smallest absolute Gasteiger partial charge is 0.191 e. The van der Waals surface area contributed by atoms with Crippen LogP contribution in [0.4, 0.5) is 0 Å². The van der Waals surface area contributed by atoms with Crippen molar-refractivity contribution in [2.45, 2.75) is 43.9 Å². The molecule has 2 atom stereocenters. The highest BCUT2D eigenvalue weighted by Crippen LogP contribution is 2.34. The van der Waals surface area contributed by atoms with Gasteiger partial charge in [0.05, 0.1) is 6.54 Å². The van der Waals surface area contributed by atoms with Crippen molar-refractivity contribution in [2.24, 2.45) is 10.9 Å². The molecule has 4 nitrogen and oxygen atoms in total. The SMILES string of the molecule is CCNC(=NCC(C1CC1)N(C)C)NCC1CCCS1. The van der Waals surface area contributed by atoms with Crippen LogP contribution in [0.15, 0.2) is 4.99 Å². The van der Waals surface area contributed by atoms with Crippen LogP contribution in [0.1, 0.15) is 32.6 Å². The lowest BCUT2D eigenvalue weighted by Crippen LogP contribution is -2.41. The minimum Gasteiger partial charge on any atom is -0.357 e. The van der Waals surface area contributed by atoms with Crippen LogP contribution in [0.2, 0.25) is 0 Å². The second-order valence-electron chi connectivity index (χ2n) is 6.10. The van der Waals surface area contributed by atoms with Gasteiger partial charge in [-0.3, -0.25) is 4.99 Å². The first-order valence-electron chi connectivity index (χ1n) is 8.01. The van der Waals surface area contributed by atoms with E-state index in [1.807, 2.05) is 0 Å². The number of likely N-dealkylation sites (N-methyl/N-ethyl adjacent to an activating group) is 1. The molecule has 2 N–H and O–H groups in total. The minimum absolute atomic E-state index is 0.603. The Morgan fingerprint density at radius 2 is 2.10 bits per heavy atom. The van der Waals surface area contributed by atoms with Crippen molar-refractivity contribution in [2.75, 3.05) is 39.5 Å². The van der Waals surface area contributed by atoms with Gasteiger partial charge < -0.3 is 15.5 Å². The largest absolute Gasteiger partial charge is 0.357 e. The molecule has 0 spiro atoms. The molecule has 2 rings (SSSR count). The summed E-state index contributed by atoms with van der Waals surface area (Å²) in [6.07, 6.45) is 5.47. The summed E-state index contributed by atoms with van der Waals surface area (Å²) in [6, 6.07) is 0.603. The lowest BCUT2D eigenvalue weighted by atomic mass is 10.2. The van der Waals surface area contributed by atoms with Crippen molar-refractivity contribution in [3.63, 3.8) is 0 Å². The number of rotatable bonds is 7. The molecule has 2 unspecified atom stereocenters. The molecule has 5 heteroatoms. The first-order valence-corrected chi connectivity index (χ1v) is 9.05. The molecule has 2 fully saturated rings. The van der Waals surface area contributed by atoms with E-state index in [1.165, 1.54) is 31.4 Å². The molecule has 0 aromatic carbocycles. The first-order chi connectivity index (χ1) is 9.70. The van der Waals surface area contributed by atoms with Crippen molar-refractivity contribution in [1.82, 2.24) is 15.5 Å². The Balaban J connectivity index is 1.80. The summed E-state index contributed by atoms with van der Waals surface area (Å²) >= 11 is 2.09. The standard InChI is InChI=1S/C15H30N4S/c1-4-16-15(17-10-13-6-5-9-20-13)18-11-14(19(2)3)12-7-8-12/h12-14H,4-11H2,1-3H3,(H2,16,17,18). The topological polar surface area (TPSA) is 39.7 Å². The van der Waals surface area contributed by atoms with Gasteiger partial charge in [-0.2, -0.15) is 11.8 Å². The maximum atomic E-state index is 4.80. The molecule has 1 aliphatic heterocycles. The van der Waals surface area contributed by atoms with Gasteiger partial charge in [-0.25, -0.2) is 0 Å². The van der Waals surface area contributed by atoms with Crippen LogP contribution < -0.4 is 10.6 Å². The maximum Gasteiger partial charge on any atom is 0.191 e. The van der Waals surface area contributed by atoms with Gasteiger partial charge in [0.15, 0.2) is 5.96 Å². The molecule has 20 heavy (non-hydrogen) atoms.